The minimum absolute atomic E-state index is 0.886. The molecule has 0 bridgehead atoms. The quantitative estimate of drug-likeness (QED) is 0.380. The molecule has 3 aromatic carbocycles. The van der Waals surface area contributed by atoms with Crippen molar-refractivity contribution in [2.75, 3.05) is 12.4 Å². The number of ether oxygens (including phenoxy) is 1. The number of fused-ring (bicyclic) bond motifs is 3. The lowest BCUT2D eigenvalue weighted by atomic mass is 9.92. The Balaban J connectivity index is 0.000000109. The maximum absolute atomic E-state index is 5.42. The van der Waals surface area contributed by atoms with Gasteiger partial charge in [0.15, 0.2) is 0 Å². The SMILES string of the molecule is c1ccc2c(c1)CCCC2.c1ccc2c(c1)CCCO2.c1ccc2c(c1)CCCS2. The Kier molecular flexibility index (Phi) is 7.91. The molecule has 0 aromatic heterocycles. The van der Waals surface area contributed by atoms with Crippen LogP contribution in [0.25, 0.3) is 0 Å². The van der Waals surface area contributed by atoms with Crippen molar-refractivity contribution in [2.24, 2.45) is 0 Å². The molecule has 0 N–H and O–H groups in total. The molecule has 3 aromatic rings. The molecule has 0 saturated heterocycles. The van der Waals surface area contributed by atoms with Crippen LogP contribution in [-0.4, -0.2) is 12.4 Å². The molecule has 2 aliphatic heterocycles. The van der Waals surface area contributed by atoms with Crippen molar-refractivity contribution >= 4 is 11.8 Å². The number of rotatable bonds is 0. The summed E-state index contributed by atoms with van der Waals surface area (Å²) in [5, 5.41) is 0. The number of aryl methyl sites for hydroxylation is 4. The summed E-state index contributed by atoms with van der Waals surface area (Å²) in [5.41, 5.74) is 6.05. The van der Waals surface area contributed by atoms with Gasteiger partial charge >= 0.3 is 0 Å². The highest BCUT2D eigenvalue weighted by Crippen LogP contribution is 2.29. The molecule has 1 nitrogen and oxygen atoms in total. The van der Waals surface area contributed by atoms with Gasteiger partial charge in [0.25, 0.3) is 0 Å². The van der Waals surface area contributed by atoms with Gasteiger partial charge < -0.3 is 4.74 Å². The second-order valence-electron chi connectivity index (χ2n) is 8.10. The van der Waals surface area contributed by atoms with E-state index in [0.29, 0.717) is 0 Å². The zero-order chi connectivity index (χ0) is 20.4. The number of thioether (sulfide) groups is 1. The zero-order valence-corrected chi connectivity index (χ0v) is 18.6. The maximum Gasteiger partial charge on any atom is 0.122 e. The average Bonchev–Trinajstić information content (AvgIpc) is 2.85. The van der Waals surface area contributed by atoms with E-state index in [0.717, 1.165) is 18.8 Å². The molecule has 156 valence electrons. The van der Waals surface area contributed by atoms with Crippen LogP contribution in [0, 0.1) is 0 Å². The molecule has 1 aliphatic carbocycles. The topological polar surface area (TPSA) is 9.23 Å². The second-order valence-corrected chi connectivity index (χ2v) is 9.23. The Morgan fingerprint density at radius 1 is 0.533 bits per heavy atom. The molecule has 0 fully saturated rings. The van der Waals surface area contributed by atoms with E-state index in [2.05, 4.69) is 60.7 Å². The third kappa shape index (κ3) is 5.92. The van der Waals surface area contributed by atoms with Crippen molar-refractivity contribution in [3.05, 3.63) is 95.1 Å². The maximum atomic E-state index is 5.42. The van der Waals surface area contributed by atoms with Crippen LogP contribution in [0.5, 0.6) is 5.75 Å². The van der Waals surface area contributed by atoms with Crippen molar-refractivity contribution in [3.8, 4) is 5.75 Å². The number of hydrogen-bond donors (Lipinski definition) is 0. The summed E-state index contributed by atoms with van der Waals surface area (Å²) in [6.07, 6.45) is 10.3. The Morgan fingerprint density at radius 3 is 1.80 bits per heavy atom. The van der Waals surface area contributed by atoms with Gasteiger partial charge in [0.1, 0.15) is 5.75 Å². The molecule has 0 radical (unpaired) electrons. The Hall–Kier alpha value is -2.19. The van der Waals surface area contributed by atoms with Crippen LogP contribution in [0.15, 0.2) is 77.7 Å². The largest absolute Gasteiger partial charge is 0.493 e. The molecular formula is C28H32OS. The summed E-state index contributed by atoms with van der Waals surface area (Å²) in [6.45, 7) is 0.886. The lowest BCUT2D eigenvalue weighted by Crippen LogP contribution is -2.07. The fourth-order valence-corrected chi connectivity index (χ4v) is 5.31. The van der Waals surface area contributed by atoms with E-state index in [1.807, 2.05) is 23.9 Å². The van der Waals surface area contributed by atoms with E-state index in [9.17, 15) is 0 Å². The molecule has 0 spiro atoms. The zero-order valence-electron chi connectivity index (χ0n) is 17.8. The summed E-state index contributed by atoms with van der Waals surface area (Å²) < 4.78 is 5.42. The first-order chi connectivity index (χ1) is 14.9. The van der Waals surface area contributed by atoms with Gasteiger partial charge in [-0.3, -0.25) is 0 Å². The van der Waals surface area contributed by atoms with Crippen LogP contribution >= 0.6 is 11.8 Å². The summed E-state index contributed by atoms with van der Waals surface area (Å²) in [6, 6.07) is 25.8. The van der Waals surface area contributed by atoms with Gasteiger partial charge in [-0.1, -0.05) is 60.7 Å². The van der Waals surface area contributed by atoms with Gasteiger partial charge in [-0.05, 0) is 91.5 Å². The normalized spacial score (nSPS) is 16.1. The lowest BCUT2D eigenvalue weighted by Gasteiger charge is -2.15. The molecule has 0 saturated carbocycles. The Bertz CT molecular complexity index is 736. The van der Waals surface area contributed by atoms with E-state index < -0.39 is 0 Å². The van der Waals surface area contributed by atoms with Crippen LogP contribution in [0.4, 0.5) is 0 Å². The minimum Gasteiger partial charge on any atom is -0.493 e. The first-order valence-electron chi connectivity index (χ1n) is 11.4. The second kappa shape index (κ2) is 11.3. The van der Waals surface area contributed by atoms with Crippen LogP contribution in [0.1, 0.15) is 47.9 Å². The standard InChI is InChI=1S/C10H12.C9H10O.C9H10S/c1-2-6-10-8-4-3-7-9(10)5-1;2*1-2-6-9-8(4-1)5-3-7-10-9/h1-2,5-6H,3-4,7-8H2;2*1-2,4,6H,3,5,7H2. The van der Waals surface area contributed by atoms with Crippen molar-refractivity contribution in [2.45, 2.75) is 56.3 Å². The van der Waals surface area contributed by atoms with Crippen LogP contribution in [0.2, 0.25) is 0 Å². The van der Waals surface area contributed by atoms with Gasteiger partial charge in [-0.2, -0.15) is 0 Å². The molecule has 30 heavy (non-hydrogen) atoms. The highest BCUT2D eigenvalue weighted by molar-refractivity contribution is 7.99. The first kappa shape index (κ1) is 21.1. The third-order valence-corrected chi connectivity index (χ3v) is 7.10. The summed E-state index contributed by atoms with van der Waals surface area (Å²) >= 11 is 1.99. The summed E-state index contributed by atoms with van der Waals surface area (Å²) in [4.78, 5) is 1.49. The highest BCUT2D eigenvalue weighted by atomic mass is 32.2. The van der Waals surface area contributed by atoms with Crippen molar-refractivity contribution in [3.63, 3.8) is 0 Å². The summed E-state index contributed by atoms with van der Waals surface area (Å²) in [5.74, 6) is 2.38. The fraction of sp³-hybridized carbons (Fsp3) is 0.357. The molecule has 3 aliphatic rings. The van der Waals surface area contributed by atoms with Crippen molar-refractivity contribution < 1.29 is 4.74 Å². The number of para-hydroxylation sites is 1. The molecule has 6 rings (SSSR count). The predicted octanol–water partition coefficient (Wildman–Crippen LogP) is 7.30. The van der Waals surface area contributed by atoms with Gasteiger partial charge in [-0.25, -0.2) is 0 Å². The van der Waals surface area contributed by atoms with Crippen molar-refractivity contribution in [1.29, 1.82) is 0 Å². The number of hydrogen-bond acceptors (Lipinski definition) is 2. The molecular weight excluding hydrogens is 384 g/mol. The molecule has 0 unspecified atom stereocenters. The van der Waals surface area contributed by atoms with E-state index >= 15 is 0 Å². The minimum atomic E-state index is 0.886. The summed E-state index contributed by atoms with van der Waals surface area (Å²) in [7, 11) is 0. The predicted molar refractivity (Wildman–Crippen MR) is 129 cm³/mol. The van der Waals surface area contributed by atoms with E-state index in [4.69, 9.17) is 4.74 Å². The average molecular weight is 417 g/mol. The molecule has 0 atom stereocenters. The van der Waals surface area contributed by atoms with Gasteiger partial charge in [0.05, 0.1) is 6.61 Å². The van der Waals surface area contributed by atoms with E-state index in [1.165, 1.54) is 61.2 Å². The molecule has 0 amide bonds. The van der Waals surface area contributed by atoms with Crippen LogP contribution in [0.3, 0.4) is 0 Å². The molecule has 2 heterocycles. The van der Waals surface area contributed by atoms with Gasteiger partial charge in [0, 0.05) is 4.90 Å². The first-order valence-corrected chi connectivity index (χ1v) is 12.4. The van der Waals surface area contributed by atoms with E-state index in [-0.39, 0.29) is 0 Å². The Labute approximate surface area is 185 Å². The highest BCUT2D eigenvalue weighted by Gasteiger charge is 2.08. The Morgan fingerprint density at radius 2 is 1.10 bits per heavy atom. The lowest BCUT2D eigenvalue weighted by molar-refractivity contribution is 0.288. The van der Waals surface area contributed by atoms with Crippen molar-refractivity contribution in [1.82, 2.24) is 0 Å². The monoisotopic (exact) mass is 416 g/mol. The van der Waals surface area contributed by atoms with Crippen LogP contribution in [-0.2, 0) is 25.7 Å². The van der Waals surface area contributed by atoms with Gasteiger partial charge in [-0.15, -0.1) is 11.8 Å². The fourth-order valence-electron chi connectivity index (χ4n) is 4.27. The van der Waals surface area contributed by atoms with Crippen LogP contribution < -0.4 is 4.74 Å². The smallest absolute Gasteiger partial charge is 0.122 e. The molecule has 2 heteroatoms. The third-order valence-electron chi connectivity index (χ3n) is 5.90. The van der Waals surface area contributed by atoms with Gasteiger partial charge in [0.2, 0.25) is 0 Å². The van der Waals surface area contributed by atoms with E-state index in [1.54, 1.807) is 16.7 Å². The number of benzene rings is 3.